The lowest BCUT2D eigenvalue weighted by Gasteiger charge is -2.16. The van der Waals surface area contributed by atoms with Gasteiger partial charge in [-0.2, -0.15) is 5.10 Å². The number of furan rings is 1. The van der Waals surface area contributed by atoms with Crippen molar-refractivity contribution in [2.24, 2.45) is 0 Å². The molecule has 2 heterocycles. The van der Waals surface area contributed by atoms with Gasteiger partial charge in [0.15, 0.2) is 11.5 Å². The Hall–Kier alpha value is -3.74. The lowest BCUT2D eigenvalue weighted by Crippen LogP contribution is -2.03. The summed E-state index contributed by atoms with van der Waals surface area (Å²) < 4.78 is 23.7. The molecule has 4 aromatic rings. The van der Waals surface area contributed by atoms with Gasteiger partial charge in [0.2, 0.25) is 5.75 Å². The maximum atomic E-state index is 5.57. The molecule has 0 saturated heterocycles. The topological polar surface area (TPSA) is 71.5 Å². The molecule has 7 heteroatoms. The summed E-state index contributed by atoms with van der Waals surface area (Å²) >= 11 is 0. The standard InChI is InChI=1S/C22H21N3O4/c1-26-20-10-15(11-21(27-2)22(20)28-3)9-17-12-16(19-5-4-8-29-19)6-7-18(17)25-14-23-13-24-25/h4-8,10-14H,9H2,1-3H3. The van der Waals surface area contributed by atoms with Crippen LogP contribution in [-0.2, 0) is 6.42 Å². The maximum Gasteiger partial charge on any atom is 0.203 e. The van der Waals surface area contributed by atoms with Crippen molar-refractivity contribution in [3.05, 3.63) is 72.5 Å². The molecule has 0 spiro atoms. The van der Waals surface area contributed by atoms with Crippen LogP contribution in [-0.4, -0.2) is 36.1 Å². The molecule has 0 fully saturated rings. The average Bonchev–Trinajstić information content (AvgIpc) is 3.47. The Labute approximate surface area is 168 Å². The van der Waals surface area contributed by atoms with Gasteiger partial charge >= 0.3 is 0 Å². The van der Waals surface area contributed by atoms with Crippen LogP contribution in [0.25, 0.3) is 17.0 Å². The molecule has 0 radical (unpaired) electrons. The van der Waals surface area contributed by atoms with Crippen LogP contribution in [0.1, 0.15) is 11.1 Å². The van der Waals surface area contributed by atoms with Gasteiger partial charge in [0.1, 0.15) is 18.4 Å². The van der Waals surface area contributed by atoms with E-state index in [0.717, 1.165) is 28.1 Å². The van der Waals surface area contributed by atoms with Crippen molar-refractivity contribution >= 4 is 0 Å². The second-order valence-electron chi connectivity index (χ2n) is 6.37. The number of hydrogen-bond donors (Lipinski definition) is 0. The van der Waals surface area contributed by atoms with Crippen LogP contribution >= 0.6 is 0 Å². The zero-order valence-electron chi connectivity index (χ0n) is 16.5. The minimum absolute atomic E-state index is 0.569. The van der Waals surface area contributed by atoms with E-state index < -0.39 is 0 Å². The van der Waals surface area contributed by atoms with Gasteiger partial charge in [-0.1, -0.05) is 0 Å². The van der Waals surface area contributed by atoms with E-state index in [0.29, 0.717) is 23.7 Å². The maximum absolute atomic E-state index is 5.57. The van der Waals surface area contributed by atoms with Crippen molar-refractivity contribution < 1.29 is 18.6 Å². The third kappa shape index (κ3) is 3.67. The van der Waals surface area contributed by atoms with Crippen molar-refractivity contribution in [1.82, 2.24) is 14.8 Å². The molecule has 0 N–H and O–H groups in total. The normalized spacial score (nSPS) is 10.7. The van der Waals surface area contributed by atoms with Gasteiger partial charge in [-0.15, -0.1) is 0 Å². The van der Waals surface area contributed by atoms with Crippen molar-refractivity contribution in [3.63, 3.8) is 0 Å². The van der Waals surface area contributed by atoms with E-state index in [2.05, 4.69) is 16.1 Å². The number of aromatic nitrogens is 3. The van der Waals surface area contributed by atoms with Crippen LogP contribution in [0, 0.1) is 0 Å². The number of hydrogen-bond acceptors (Lipinski definition) is 6. The highest BCUT2D eigenvalue weighted by atomic mass is 16.5. The number of ether oxygens (including phenoxy) is 3. The molecule has 2 aromatic carbocycles. The Bertz CT molecular complexity index is 1060. The first-order valence-electron chi connectivity index (χ1n) is 9.04. The summed E-state index contributed by atoms with van der Waals surface area (Å²) in [7, 11) is 4.81. The molecule has 0 saturated carbocycles. The van der Waals surface area contributed by atoms with Gasteiger partial charge in [-0.25, -0.2) is 9.67 Å². The number of benzene rings is 2. The summed E-state index contributed by atoms with van der Waals surface area (Å²) in [4.78, 5) is 4.07. The number of nitrogens with zero attached hydrogens (tertiary/aromatic N) is 3. The Morgan fingerprint density at radius 3 is 2.34 bits per heavy atom. The van der Waals surface area contributed by atoms with Crippen molar-refractivity contribution in [2.45, 2.75) is 6.42 Å². The highest BCUT2D eigenvalue weighted by Crippen LogP contribution is 2.39. The van der Waals surface area contributed by atoms with E-state index in [1.54, 1.807) is 38.6 Å². The van der Waals surface area contributed by atoms with Gasteiger partial charge < -0.3 is 18.6 Å². The Morgan fingerprint density at radius 1 is 0.966 bits per heavy atom. The predicted octanol–water partition coefficient (Wildman–Crippen LogP) is 4.14. The third-order valence-corrected chi connectivity index (χ3v) is 4.67. The fourth-order valence-electron chi connectivity index (χ4n) is 3.34. The molecule has 0 atom stereocenters. The van der Waals surface area contributed by atoms with Gasteiger partial charge in [0.25, 0.3) is 0 Å². The molecule has 0 bridgehead atoms. The van der Waals surface area contributed by atoms with Crippen LogP contribution in [0.15, 0.2) is 65.8 Å². The molecule has 148 valence electrons. The van der Waals surface area contributed by atoms with E-state index in [4.69, 9.17) is 18.6 Å². The van der Waals surface area contributed by atoms with Crippen molar-refractivity contribution in [1.29, 1.82) is 0 Å². The Morgan fingerprint density at radius 2 is 1.76 bits per heavy atom. The second-order valence-corrected chi connectivity index (χ2v) is 6.37. The van der Waals surface area contributed by atoms with Crippen LogP contribution in [0.3, 0.4) is 0 Å². The Balaban J connectivity index is 1.80. The fraction of sp³-hybridized carbons (Fsp3) is 0.182. The summed E-state index contributed by atoms with van der Waals surface area (Å²) in [6.07, 6.45) is 5.49. The number of methoxy groups -OCH3 is 3. The lowest BCUT2D eigenvalue weighted by atomic mass is 9.99. The quantitative estimate of drug-likeness (QED) is 0.471. The summed E-state index contributed by atoms with van der Waals surface area (Å²) in [5, 5.41) is 4.29. The molecular weight excluding hydrogens is 370 g/mol. The predicted molar refractivity (Wildman–Crippen MR) is 108 cm³/mol. The minimum atomic E-state index is 0.569. The zero-order valence-corrected chi connectivity index (χ0v) is 16.5. The summed E-state index contributed by atoms with van der Waals surface area (Å²) in [6, 6.07) is 13.8. The van der Waals surface area contributed by atoms with Crippen LogP contribution in [0.4, 0.5) is 0 Å². The van der Waals surface area contributed by atoms with Crippen LogP contribution < -0.4 is 14.2 Å². The zero-order chi connectivity index (χ0) is 20.2. The Kier molecular flexibility index (Phi) is 5.20. The van der Waals surface area contributed by atoms with E-state index in [1.165, 1.54) is 6.33 Å². The molecule has 0 amide bonds. The molecule has 0 unspecified atom stereocenters. The molecule has 29 heavy (non-hydrogen) atoms. The highest BCUT2D eigenvalue weighted by molar-refractivity contribution is 5.63. The molecule has 0 aliphatic rings. The monoisotopic (exact) mass is 391 g/mol. The fourth-order valence-corrected chi connectivity index (χ4v) is 3.34. The van der Waals surface area contributed by atoms with E-state index >= 15 is 0 Å². The summed E-state index contributed by atoms with van der Waals surface area (Å²) in [5.74, 6) is 2.61. The first-order valence-corrected chi connectivity index (χ1v) is 9.04. The molecule has 2 aromatic heterocycles. The molecule has 0 aliphatic carbocycles. The third-order valence-electron chi connectivity index (χ3n) is 4.67. The first-order chi connectivity index (χ1) is 14.2. The van der Waals surface area contributed by atoms with Crippen molar-refractivity contribution in [2.75, 3.05) is 21.3 Å². The van der Waals surface area contributed by atoms with Crippen molar-refractivity contribution in [3.8, 4) is 34.3 Å². The van der Waals surface area contributed by atoms with Crippen LogP contribution in [0.2, 0.25) is 0 Å². The van der Waals surface area contributed by atoms with E-state index in [1.807, 2.05) is 36.4 Å². The van der Waals surface area contributed by atoms with Gasteiger partial charge in [-0.05, 0) is 60.0 Å². The van der Waals surface area contributed by atoms with E-state index in [9.17, 15) is 0 Å². The van der Waals surface area contributed by atoms with Gasteiger partial charge in [0.05, 0.1) is 33.3 Å². The van der Waals surface area contributed by atoms with Gasteiger partial charge in [-0.3, -0.25) is 0 Å². The average molecular weight is 391 g/mol. The summed E-state index contributed by atoms with van der Waals surface area (Å²) in [6.45, 7) is 0. The van der Waals surface area contributed by atoms with Gasteiger partial charge in [0, 0.05) is 5.56 Å². The van der Waals surface area contributed by atoms with Crippen LogP contribution in [0.5, 0.6) is 17.2 Å². The van der Waals surface area contributed by atoms with E-state index in [-0.39, 0.29) is 0 Å². The lowest BCUT2D eigenvalue weighted by molar-refractivity contribution is 0.324. The SMILES string of the molecule is COc1cc(Cc2cc(-c3ccco3)ccc2-n2cncn2)cc(OC)c1OC. The molecule has 4 rings (SSSR count). The summed E-state index contributed by atoms with van der Waals surface area (Å²) in [5.41, 5.74) is 3.99. The smallest absolute Gasteiger partial charge is 0.203 e. The minimum Gasteiger partial charge on any atom is -0.493 e. The molecule has 7 nitrogen and oxygen atoms in total. The first kappa shape index (κ1) is 18.6. The number of rotatable bonds is 7. The molecule has 0 aliphatic heterocycles. The highest BCUT2D eigenvalue weighted by Gasteiger charge is 2.16. The second kappa shape index (κ2) is 8.10. The molecular formula is C22H21N3O4. The largest absolute Gasteiger partial charge is 0.493 e.